The Morgan fingerprint density at radius 1 is 1.25 bits per heavy atom. The average Bonchev–Trinajstić information content (AvgIpc) is 3.07. The van der Waals surface area contributed by atoms with E-state index in [4.69, 9.17) is 9.47 Å². The summed E-state index contributed by atoms with van der Waals surface area (Å²) in [6, 6.07) is 7.26. The highest BCUT2D eigenvalue weighted by Crippen LogP contribution is 2.34. The van der Waals surface area contributed by atoms with E-state index in [-0.39, 0.29) is 11.7 Å². The molecule has 1 aromatic heterocycles. The molecule has 6 nitrogen and oxygen atoms in total. The Balaban J connectivity index is 1.58. The smallest absolute Gasteiger partial charge is 0.350 e. The van der Waals surface area contributed by atoms with E-state index in [1.807, 2.05) is 18.2 Å². The number of hydrogen-bond donors (Lipinski definition) is 1. The number of fused-ring (bicyclic) bond motifs is 1. The van der Waals surface area contributed by atoms with Crippen LogP contribution in [0.3, 0.4) is 0 Å². The summed E-state index contributed by atoms with van der Waals surface area (Å²) in [4.78, 5) is 25.0. The van der Waals surface area contributed by atoms with Gasteiger partial charge in [-0.2, -0.15) is 0 Å². The number of esters is 1. The highest BCUT2D eigenvalue weighted by molar-refractivity contribution is 8.00. The van der Waals surface area contributed by atoms with Gasteiger partial charge in [0.1, 0.15) is 18.1 Å². The number of thiophene rings is 1. The SMILES string of the molecule is COC(=O)c1sccc1NC(=O)CSc1ccc2c(c1)OCCO2. The minimum Gasteiger partial charge on any atom is -0.486 e. The lowest BCUT2D eigenvalue weighted by atomic mass is 10.3. The van der Waals surface area contributed by atoms with Gasteiger partial charge in [-0.25, -0.2) is 4.79 Å². The lowest BCUT2D eigenvalue weighted by molar-refractivity contribution is -0.113. The molecule has 2 heterocycles. The number of anilines is 1. The van der Waals surface area contributed by atoms with E-state index < -0.39 is 5.97 Å². The largest absolute Gasteiger partial charge is 0.486 e. The molecule has 0 saturated heterocycles. The Hall–Kier alpha value is -2.19. The number of ether oxygens (including phenoxy) is 3. The molecule has 126 valence electrons. The fourth-order valence-corrected chi connectivity index (χ4v) is 3.60. The molecule has 0 aliphatic carbocycles. The molecule has 0 saturated carbocycles. The van der Waals surface area contributed by atoms with Gasteiger partial charge in [-0.3, -0.25) is 4.79 Å². The first-order chi connectivity index (χ1) is 11.7. The minimum atomic E-state index is -0.459. The molecule has 3 rings (SSSR count). The predicted octanol–water partition coefficient (Wildman–Crippen LogP) is 3.04. The van der Waals surface area contributed by atoms with E-state index in [9.17, 15) is 9.59 Å². The predicted molar refractivity (Wildman–Crippen MR) is 92.4 cm³/mol. The van der Waals surface area contributed by atoms with Gasteiger partial charge in [0.05, 0.1) is 18.6 Å². The highest BCUT2D eigenvalue weighted by Gasteiger charge is 2.16. The molecular weight excluding hydrogens is 350 g/mol. The number of methoxy groups -OCH3 is 1. The fraction of sp³-hybridized carbons (Fsp3) is 0.250. The number of carbonyl (C=O) groups excluding carboxylic acids is 2. The van der Waals surface area contributed by atoms with Crippen LogP contribution in [0.25, 0.3) is 0 Å². The van der Waals surface area contributed by atoms with Crippen LogP contribution in [-0.4, -0.2) is 38.0 Å². The Kier molecular flexibility index (Phi) is 5.27. The second kappa shape index (κ2) is 7.59. The molecule has 1 N–H and O–H groups in total. The second-order valence-corrected chi connectivity index (χ2v) is 6.76. The zero-order valence-corrected chi connectivity index (χ0v) is 14.5. The summed E-state index contributed by atoms with van der Waals surface area (Å²) in [5, 5.41) is 4.46. The van der Waals surface area contributed by atoms with E-state index in [2.05, 4.69) is 10.1 Å². The zero-order chi connectivity index (χ0) is 16.9. The van der Waals surface area contributed by atoms with Crippen molar-refractivity contribution in [2.45, 2.75) is 4.90 Å². The molecule has 0 radical (unpaired) electrons. The summed E-state index contributed by atoms with van der Waals surface area (Å²) in [7, 11) is 1.31. The van der Waals surface area contributed by atoms with Crippen LogP contribution < -0.4 is 14.8 Å². The van der Waals surface area contributed by atoms with Crippen LogP contribution in [0.15, 0.2) is 34.5 Å². The molecule has 0 atom stereocenters. The maximum absolute atomic E-state index is 12.1. The van der Waals surface area contributed by atoms with Crippen molar-refractivity contribution in [2.75, 3.05) is 31.4 Å². The second-order valence-electron chi connectivity index (χ2n) is 4.80. The van der Waals surface area contributed by atoms with Crippen molar-refractivity contribution in [3.63, 3.8) is 0 Å². The number of rotatable bonds is 5. The number of carbonyl (C=O) groups is 2. The van der Waals surface area contributed by atoms with Gasteiger partial charge in [-0.1, -0.05) is 0 Å². The topological polar surface area (TPSA) is 73.9 Å². The first kappa shape index (κ1) is 16.7. The Morgan fingerprint density at radius 2 is 2.04 bits per heavy atom. The van der Waals surface area contributed by atoms with E-state index in [0.29, 0.717) is 29.5 Å². The van der Waals surface area contributed by atoms with Crippen LogP contribution in [0.5, 0.6) is 11.5 Å². The standard InChI is InChI=1S/C16H15NO5S2/c1-20-16(19)15-11(4-7-23-15)17-14(18)9-24-10-2-3-12-13(8-10)22-6-5-21-12/h2-4,7-8H,5-6,9H2,1H3,(H,17,18). The highest BCUT2D eigenvalue weighted by atomic mass is 32.2. The van der Waals surface area contributed by atoms with E-state index in [0.717, 1.165) is 10.6 Å². The lowest BCUT2D eigenvalue weighted by Crippen LogP contribution is -2.16. The quantitative estimate of drug-likeness (QED) is 0.648. The van der Waals surface area contributed by atoms with Crippen molar-refractivity contribution in [3.8, 4) is 11.5 Å². The van der Waals surface area contributed by atoms with Gasteiger partial charge in [0.15, 0.2) is 11.5 Å². The third-order valence-electron chi connectivity index (χ3n) is 3.19. The Labute approximate surface area is 147 Å². The molecule has 1 amide bonds. The summed E-state index contributed by atoms with van der Waals surface area (Å²) < 4.78 is 15.7. The third-order valence-corrected chi connectivity index (χ3v) is 5.08. The zero-order valence-electron chi connectivity index (χ0n) is 12.9. The molecule has 8 heteroatoms. The summed E-state index contributed by atoms with van der Waals surface area (Å²) in [6.45, 7) is 1.07. The van der Waals surface area contributed by atoms with Gasteiger partial charge < -0.3 is 19.5 Å². The van der Waals surface area contributed by atoms with Crippen molar-refractivity contribution in [2.24, 2.45) is 0 Å². The van der Waals surface area contributed by atoms with Crippen LogP contribution in [0.2, 0.25) is 0 Å². The van der Waals surface area contributed by atoms with Crippen molar-refractivity contribution in [1.29, 1.82) is 0 Å². The third kappa shape index (κ3) is 3.82. The van der Waals surface area contributed by atoms with Gasteiger partial charge in [0.25, 0.3) is 0 Å². The van der Waals surface area contributed by atoms with E-state index in [1.54, 1.807) is 11.4 Å². The monoisotopic (exact) mass is 365 g/mol. The van der Waals surface area contributed by atoms with Crippen molar-refractivity contribution >= 4 is 40.7 Å². The number of hydrogen-bond acceptors (Lipinski definition) is 7. The van der Waals surface area contributed by atoms with Crippen LogP contribution in [0.4, 0.5) is 5.69 Å². The van der Waals surface area contributed by atoms with Gasteiger partial charge in [-0.05, 0) is 29.6 Å². The number of amides is 1. The molecule has 0 fully saturated rings. The molecule has 0 unspecified atom stereocenters. The first-order valence-electron chi connectivity index (χ1n) is 7.15. The van der Waals surface area contributed by atoms with Gasteiger partial charge >= 0.3 is 5.97 Å². The van der Waals surface area contributed by atoms with Gasteiger partial charge in [0, 0.05) is 4.90 Å². The summed E-state index contributed by atoms with van der Waals surface area (Å²) in [5.41, 5.74) is 0.472. The molecule has 1 aliphatic heterocycles. The van der Waals surface area contributed by atoms with Crippen molar-refractivity contribution in [3.05, 3.63) is 34.5 Å². The van der Waals surface area contributed by atoms with Crippen molar-refractivity contribution in [1.82, 2.24) is 0 Å². The number of nitrogens with one attached hydrogen (secondary N) is 1. The lowest BCUT2D eigenvalue weighted by Gasteiger charge is -2.18. The summed E-state index contributed by atoms with van der Waals surface area (Å²) >= 11 is 2.61. The molecule has 0 bridgehead atoms. The molecule has 24 heavy (non-hydrogen) atoms. The fourth-order valence-electron chi connectivity index (χ4n) is 2.11. The Bertz CT molecular complexity index is 759. The van der Waals surface area contributed by atoms with Gasteiger partial charge in [0.2, 0.25) is 5.91 Å². The molecule has 2 aromatic rings. The van der Waals surface area contributed by atoms with Crippen LogP contribution in [-0.2, 0) is 9.53 Å². The van der Waals surface area contributed by atoms with Crippen LogP contribution in [0.1, 0.15) is 9.67 Å². The molecule has 1 aromatic carbocycles. The summed E-state index contributed by atoms with van der Waals surface area (Å²) in [5.74, 6) is 0.975. The summed E-state index contributed by atoms with van der Waals surface area (Å²) in [6.07, 6.45) is 0. The maximum atomic E-state index is 12.1. The van der Waals surface area contributed by atoms with E-state index in [1.165, 1.54) is 30.2 Å². The van der Waals surface area contributed by atoms with Crippen LogP contribution in [0, 0.1) is 0 Å². The number of benzene rings is 1. The maximum Gasteiger partial charge on any atom is 0.350 e. The molecular formula is C16H15NO5S2. The molecule has 0 spiro atoms. The van der Waals surface area contributed by atoms with Crippen LogP contribution >= 0.6 is 23.1 Å². The Morgan fingerprint density at radius 3 is 2.83 bits per heavy atom. The van der Waals surface area contributed by atoms with E-state index >= 15 is 0 Å². The number of thioether (sulfide) groups is 1. The molecule has 1 aliphatic rings. The first-order valence-corrected chi connectivity index (χ1v) is 9.02. The average molecular weight is 365 g/mol. The minimum absolute atomic E-state index is 0.196. The van der Waals surface area contributed by atoms with Crippen molar-refractivity contribution < 1.29 is 23.8 Å². The normalized spacial score (nSPS) is 12.5. The van der Waals surface area contributed by atoms with Gasteiger partial charge in [-0.15, -0.1) is 23.1 Å².